The molecule has 0 bridgehead atoms. The van der Waals surface area contributed by atoms with E-state index in [-0.39, 0.29) is 17.9 Å². The lowest BCUT2D eigenvalue weighted by atomic mass is 10.2. The Morgan fingerprint density at radius 3 is 2.89 bits per heavy atom. The summed E-state index contributed by atoms with van der Waals surface area (Å²) in [5, 5.41) is 17.2. The van der Waals surface area contributed by atoms with E-state index >= 15 is 0 Å². The molecule has 1 aromatic heterocycles. The molecule has 0 radical (unpaired) electrons. The maximum absolute atomic E-state index is 13.0. The summed E-state index contributed by atoms with van der Waals surface area (Å²) in [4.78, 5) is 10.2. The van der Waals surface area contributed by atoms with Gasteiger partial charge in [-0.25, -0.2) is 4.39 Å². The van der Waals surface area contributed by atoms with E-state index < -0.39 is 10.7 Å². The van der Waals surface area contributed by atoms with Crippen molar-refractivity contribution in [2.24, 2.45) is 0 Å². The van der Waals surface area contributed by atoms with Gasteiger partial charge in [-0.05, 0) is 13.0 Å². The van der Waals surface area contributed by atoms with Gasteiger partial charge in [-0.2, -0.15) is 0 Å². The Morgan fingerprint density at radius 2 is 2.28 bits per heavy atom. The zero-order chi connectivity index (χ0) is 13.1. The van der Waals surface area contributed by atoms with E-state index in [1.807, 2.05) is 0 Å². The zero-order valence-electron chi connectivity index (χ0n) is 9.51. The molecule has 0 unspecified atom stereocenters. The number of nitro benzene ring substituents is 1. The fourth-order valence-electron chi connectivity index (χ4n) is 1.50. The van der Waals surface area contributed by atoms with Crippen LogP contribution in [0.25, 0.3) is 0 Å². The molecule has 0 amide bonds. The quantitative estimate of drug-likeness (QED) is 0.667. The van der Waals surface area contributed by atoms with Crippen LogP contribution in [0.3, 0.4) is 0 Å². The summed E-state index contributed by atoms with van der Waals surface area (Å²) in [7, 11) is 0. The Bertz CT molecular complexity index is 583. The number of nitrogens with one attached hydrogen (secondary N) is 1. The molecule has 0 saturated heterocycles. The number of halogens is 1. The Labute approximate surface area is 102 Å². The number of hydrogen-bond donors (Lipinski definition) is 1. The van der Waals surface area contributed by atoms with Gasteiger partial charge < -0.3 is 9.84 Å². The van der Waals surface area contributed by atoms with Crippen LogP contribution in [0.2, 0.25) is 0 Å². The summed E-state index contributed by atoms with van der Waals surface area (Å²) >= 11 is 0. The van der Waals surface area contributed by atoms with E-state index in [2.05, 4.69) is 10.5 Å². The maximum atomic E-state index is 13.0. The molecule has 2 rings (SSSR count). The Kier molecular flexibility index (Phi) is 3.22. The van der Waals surface area contributed by atoms with Gasteiger partial charge in [0.25, 0.3) is 5.69 Å². The molecular formula is C11H10FN3O3. The van der Waals surface area contributed by atoms with Crippen molar-refractivity contribution in [2.75, 3.05) is 5.32 Å². The summed E-state index contributed by atoms with van der Waals surface area (Å²) in [6.45, 7) is 1.96. The van der Waals surface area contributed by atoms with Crippen LogP contribution < -0.4 is 5.32 Å². The minimum atomic E-state index is -0.574. The number of anilines is 1. The van der Waals surface area contributed by atoms with Crippen molar-refractivity contribution in [3.8, 4) is 0 Å². The summed E-state index contributed by atoms with van der Waals surface area (Å²) < 4.78 is 17.9. The number of rotatable bonds is 4. The van der Waals surface area contributed by atoms with Crippen molar-refractivity contribution in [1.82, 2.24) is 5.16 Å². The number of benzene rings is 1. The van der Waals surface area contributed by atoms with E-state index in [1.54, 1.807) is 13.0 Å². The van der Waals surface area contributed by atoms with E-state index in [1.165, 1.54) is 0 Å². The first kappa shape index (κ1) is 12.0. The van der Waals surface area contributed by atoms with Crippen LogP contribution >= 0.6 is 0 Å². The minimum absolute atomic E-state index is 0.112. The van der Waals surface area contributed by atoms with Crippen LogP contribution in [0.5, 0.6) is 0 Å². The lowest BCUT2D eigenvalue weighted by Gasteiger charge is -2.04. The average molecular weight is 251 g/mol. The Morgan fingerprint density at radius 1 is 1.50 bits per heavy atom. The molecule has 2 aromatic rings. The third-order valence-corrected chi connectivity index (χ3v) is 2.29. The molecule has 1 aromatic carbocycles. The lowest BCUT2D eigenvalue weighted by Crippen LogP contribution is -2.03. The van der Waals surface area contributed by atoms with Gasteiger partial charge in [0.2, 0.25) is 0 Å². The second-order valence-corrected chi connectivity index (χ2v) is 3.70. The number of nitrogens with zero attached hydrogens (tertiary/aromatic N) is 2. The summed E-state index contributed by atoms with van der Waals surface area (Å²) in [6, 6.07) is 4.93. The van der Waals surface area contributed by atoms with E-state index in [9.17, 15) is 14.5 Å². The van der Waals surface area contributed by atoms with Crippen molar-refractivity contribution in [3.63, 3.8) is 0 Å². The molecule has 7 heteroatoms. The van der Waals surface area contributed by atoms with E-state index in [4.69, 9.17) is 4.52 Å². The third-order valence-electron chi connectivity index (χ3n) is 2.29. The van der Waals surface area contributed by atoms with Gasteiger partial charge in [-0.1, -0.05) is 5.16 Å². The fourth-order valence-corrected chi connectivity index (χ4v) is 1.50. The molecule has 1 heterocycles. The van der Waals surface area contributed by atoms with Crippen LogP contribution in [0, 0.1) is 22.9 Å². The predicted octanol–water partition coefficient (Wildman–Crippen LogP) is 2.64. The summed E-state index contributed by atoms with van der Waals surface area (Å²) in [6.07, 6.45) is 0. The largest absolute Gasteiger partial charge is 0.374 e. The van der Waals surface area contributed by atoms with Gasteiger partial charge in [0.1, 0.15) is 23.0 Å². The second kappa shape index (κ2) is 4.82. The summed E-state index contributed by atoms with van der Waals surface area (Å²) in [5.41, 5.74) is 0.517. The average Bonchev–Trinajstić information content (AvgIpc) is 2.72. The van der Waals surface area contributed by atoms with Crippen molar-refractivity contribution in [3.05, 3.63) is 51.7 Å². The molecule has 0 atom stereocenters. The standard InChI is InChI=1S/C11H10FN3O3/c1-7-4-9(14-18-7)6-13-10-5-8(12)2-3-11(10)15(16)17/h2-5,13H,6H2,1H3. The Balaban J connectivity index is 2.17. The highest BCUT2D eigenvalue weighted by atomic mass is 19.1. The second-order valence-electron chi connectivity index (χ2n) is 3.70. The highest BCUT2D eigenvalue weighted by molar-refractivity contribution is 5.61. The van der Waals surface area contributed by atoms with Gasteiger partial charge in [-0.3, -0.25) is 10.1 Å². The highest BCUT2D eigenvalue weighted by Gasteiger charge is 2.14. The van der Waals surface area contributed by atoms with Gasteiger partial charge in [0.05, 0.1) is 11.5 Å². The first-order valence-corrected chi connectivity index (χ1v) is 5.16. The molecule has 0 fully saturated rings. The van der Waals surface area contributed by atoms with Crippen molar-refractivity contribution < 1.29 is 13.8 Å². The minimum Gasteiger partial charge on any atom is -0.374 e. The van der Waals surface area contributed by atoms with Crippen LogP contribution in [-0.4, -0.2) is 10.1 Å². The van der Waals surface area contributed by atoms with Crippen molar-refractivity contribution >= 4 is 11.4 Å². The van der Waals surface area contributed by atoms with Crippen LogP contribution in [-0.2, 0) is 6.54 Å². The molecule has 1 N–H and O–H groups in total. The first-order chi connectivity index (χ1) is 8.56. The molecule has 0 aliphatic heterocycles. The zero-order valence-corrected chi connectivity index (χ0v) is 9.51. The Hall–Kier alpha value is -2.44. The van der Waals surface area contributed by atoms with Gasteiger partial charge in [0.15, 0.2) is 0 Å². The molecule has 0 spiro atoms. The lowest BCUT2D eigenvalue weighted by molar-refractivity contribution is -0.384. The van der Waals surface area contributed by atoms with Crippen molar-refractivity contribution in [2.45, 2.75) is 13.5 Å². The van der Waals surface area contributed by atoms with Gasteiger partial charge in [0, 0.05) is 18.2 Å². The monoisotopic (exact) mass is 251 g/mol. The predicted molar refractivity (Wildman–Crippen MR) is 61.6 cm³/mol. The normalized spacial score (nSPS) is 10.3. The molecule has 6 nitrogen and oxygen atoms in total. The van der Waals surface area contributed by atoms with E-state index in [0.717, 1.165) is 18.2 Å². The molecular weight excluding hydrogens is 241 g/mol. The first-order valence-electron chi connectivity index (χ1n) is 5.16. The topological polar surface area (TPSA) is 81.2 Å². The maximum Gasteiger partial charge on any atom is 0.292 e. The third kappa shape index (κ3) is 2.62. The smallest absolute Gasteiger partial charge is 0.292 e. The molecule has 0 saturated carbocycles. The highest BCUT2D eigenvalue weighted by Crippen LogP contribution is 2.25. The van der Waals surface area contributed by atoms with Gasteiger partial charge >= 0.3 is 0 Å². The number of nitro groups is 1. The van der Waals surface area contributed by atoms with Crippen molar-refractivity contribution in [1.29, 1.82) is 0 Å². The fraction of sp³-hybridized carbons (Fsp3) is 0.182. The van der Waals surface area contributed by atoms with E-state index in [0.29, 0.717) is 11.5 Å². The number of hydrogen-bond acceptors (Lipinski definition) is 5. The molecule has 0 aliphatic carbocycles. The molecule has 0 aliphatic rings. The number of aromatic nitrogens is 1. The molecule has 18 heavy (non-hydrogen) atoms. The van der Waals surface area contributed by atoms with Gasteiger partial charge in [-0.15, -0.1) is 0 Å². The SMILES string of the molecule is Cc1cc(CNc2cc(F)ccc2[N+](=O)[O-])no1. The van der Waals surface area contributed by atoms with Crippen LogP contribution in [0.4, 0.5) is 15.8 Å². The van der Waals surface area contributed by atoms with Crippen LogP contribution in [0.1, 0.15) is 11.5 Å². The summed E-state index contributed by atoms with van der Waals surface area (Å²) in [5.74, 6) is 0.0972. The molecule has 94 valence electrons. The number of aryl methyl sites for hydroxylation is 1. The van der Waals surface area contributed by atoms with Crippen LogP contribution in [0.15, 0.2) is 28.8 Å².